The monoisotopic (exact) mass is 212 g/mol. The molecule has 3 heteroatoms. The lowest BCUT2D eigenvalue weighted by Gasteiger charge is -2.16. The van der Waals surface area contributed by atoms with Crippen molar-refractivity contribution in [2.45, 2.75) is 39.0 Å². The topological polar surface area (TPSA) is 32.3 Å². The highest BCUT2D eigenvalue weighted by Crippen LogP contribution is 2.21. The predicted molar refractivity (Wildman–Crippen MR) is 62.8 cm³/mol. The van der Waals surface area contributed by atoms with E-state index in [0.717, 1.165) is 32.0 Å². The van der Waals surface area contributed by atoms with Gasteiger partial charge in [-0.25, -0.2) is 0 Å². The molecule has 1 rings (SSSR count). The summed E-state index contributed by atoms with van der Waals surface area (Å²) in [5.74, 6) is 1.12. The van der Waals surface area contributed by atoms with Crippen molar-refractivity contribution in [3.8, 4) is 0 Å². The Bertz CT molecular complexity index is 194. The van der Waals surface area contributed by atoms with Crippen molar-refractivity contribution < 1.29 is 4.79 Å². The summed E-state index contributed by atoms with van der Waals surface area (Å²) in [5, 5.41) is 3.07. The van der Waals surface area contributed by atoms with Crippen LogP contribution in [0, 0.1) is 5.92 Å². The molecule has 1 aliphatic heterocycles. The molecule has 1 unspecified atom stereocenters. The van der Waals surface area contributed by atoms with E-state index in [1.807, 2.05) is 7.05 Å². The van der Waals surface area contributed by atoms with Crippen molar-refractivity contribution in [2.24, 2.45) is 5.92 Å². The fourth-order valence-corrected chi connectivity index (χ4v) is 2.28. The van der Waals surface area contributed by atoms with Crippen LogP contribution in [0.2, 0.25) is 0 Å². The Labute approximate surface area is 93.2 Å². The van der Waals surface area contributed by atoms with Crippen molar-refractivity contribution >= 4 is 5.91 Å². The smallest absolute Gasteiger partial charge is 0.222 e. The van der Waals surface area contributed by atoms with Crippen LogP contribution in [-0.2, 0) is 4.79 Å². The number of carbonyl (C=O) groups excluding carboxylic acids is 1. The van der Waals surface area contributed by atoms with Gasteiger partial charge in [-0.2, -0.15) is 0 Å². The van der Waals surface area contributed by atoms with Crippen molar-refractivity contribution in [1.29, 1.82) is 0 Å². The highest BCUT2D eigenvalue weighted by molar-refractivity contribution is 5.76. The first-order valence-electron chi connectivity index (χ1n) is 6.20. The average Bonchev–Trinajstić information content (AvgIpc) is 2.67. The molecule has 1 atom stereocenters. The van der Waals surface area contributed by atoms with Crippen LogP contribution in [0.4, 0.5) is 0 Å². The molecule has 0 aromatic carbocycles. The van der Waals surface area contributed by atoms with E-state index in [9.17, 15) is 4.79 Å². The minimum absolute atomic E-state index is 0.351. The van der Waals surface area contributed by atoms with Crippen molar-refractivity contribution in [3.05, 3.63) is 0 Å². The van der Waals surface area contributed by atoms with Crippen molar-refractivity contribution in [3.63, 3.8) is 0 Å². The van der Waals surface area contributed by atoms with Gasteiger partial charge in [0.25, 0.3) is 0 Å². The van der Waals surface area contributed by atoms with E-state index in [1.54, 1.807) is 0 Å². The first-order chi connectivity index (χ1) is 7.27. The number of carbonyl (C=O) groups is 1. The molecular formula is C12H24N2O. The molecule has 1 heterocycles. The molecule has 0 aliphatic carbocycles. The molecule has 1 aliphatic rings. The van der Waals surface area contributed by atoms with Gasteiger partial charge in [-0.05, 0) is 38.8 Å². The Morgan fingerprint density at radius 2 is 2.33 bits per heavy atom. The van der Waals surface area contributed by atoms with Gasteiger partial charge in [0.2, 0.25) is 5.91 Å². The molecule has 1 fully saturated rings. The number of likely N-dealkylation sites (tertiary alicyclic amines) is 1. The minimum Gasteiger partial charge on any atom is -0.342 e. The van der Waals surface area contributed by atoms with Gasteiger partial charge in [-0.15, -0.1) is 0 Å². The summed E-state index contributed by atoms with van der Waals surface area (Å²) in [6.07, 6.45) is 5.41. The van der Waals surface area contributed by atoms with Crippen molar-refractivity contribution in [2.75, 3.05) is 26.7 Å². The quantitative estimate of drug-likeness (QED) is 0.679. The van der Waals surface area contributed by atoms with Gasteiger partial charge in [0.1, 0.15) is 0 Å². The van der Waals surface area contributed by atoms with Gasteiger partial charge in [-0.3, -0.25) is 4.79 Å². The van der Waals surface area contributed by atoms with Gasteiger partial charge in [-0.1, -0.05) is 13.3 Å². The highest BCUT2D eigenvalue weighted by atomic mass is 16.2. The Hall–Kier alpha value is -0.570. The van der Waals surface area contributed by atoms with E-state index in [4.69, 9.17) is 0 Å². The molecule has 1 N–H and O–H groups in total. The normalized spacial score (nSPS) is 20.9. The Morgan fingerprint density at radius 1 is 1.53 bits per heavy atom. The van der Waals surface area contributed by atoms with Crippen LogP contribution in [0.1, 0.15) is 39.0 Å². The number of nitrogens with one attached hydrogen (secondary N) is 1. The third-order valence-corrected chi connectivity index (χ3v) is 3.15. The number of nitrogens with zero attached hydrogens (tertiary/aromatic N) is 1. The lowest BCUT2D eigenvalue weighted by atomic mass is 10.0. The number of hydrogen-bond acceptors (Lipinski definition) is 2. The predicted octanol–water partition coefficient (Wildman–Crippen LogP) is 1.63. The number of hydrogen-bond donors (Lipinski definition) is 1. The van der Waals surface area contributed by atoms with Crippen LogP contribution in [-0.4, -0.2) is 37.5 Å². The van der Waals surface area contributed by atoms with Crippen molar-refractivity contribution in [1.82, 2.24) is 10.2 Å². The van der Waals surface area contributed by atoms with E-state index in [-0.39, 0.29) is 0 Å². The van der Waals surface area contributed by atoms with Gasteiger partial charge < -0.3 is 10.2 Å². The van der Waals surface area contributed by atoms with Gasteiger partial charge in [0.05, 0.1) is 0 Å². The van der Waals surface area contributed by atoms with Crippen LogP contribution < -0.4 is 5.32 Å². The molecule has 0 bridgehead atoms. The maximum absolute atomic E-state index is 11.8. The van der Waals surface area contributed by atoms with Crippen LogP contribution in [0.3, 0.4) is 0 Å². The minimum atomic E-state index is 0.351. The second-order valence-corrected chi connectivity index (χ2v) is 4.49. The zero-order valence-corrected chi connectivity index (χ0v) is 10.1. The third-order valence-electron chi connectivity index (χ3n) is 3.15. The molecular weight excluding hydrogens is 188 g/mol. The van der Waals surface area contributed by atoms with E-state index >= 15 is 0 Å². The summed E-state index contributed by atoms with van der Waals surface area (Å²) >= 11 is 0. The molecule has 15 heavy (non-hydrogen) atoms. The van der Waals surface area contributed by atoms with Gasteiger partial charge in [0, 0.05) is 19.5 Å². The molecule has 1 amide bonds. The summed E-state index contributed by atoms with van der Waals surface area (Å²) in [5.41, 5.74) is 0. The van der Waals surface area contributed by atoms with Gasteiger partial charge >= 0.3 is 0 Å². The SMILES string of the molecule is CCCC1CCN(C(=O)CCCNC)C1. The summed E-state index contributed by atoms with van der Waals surface area (Å²) in [4.78, 5) is 13.8. The molecule has 0 aromatic rings. The summed E-state index contributed by atoms with van der Waals surface area (Å²) in [6.45, 7) is 5.16. The van der Waals surface area contributed by atoms with E-state index in [1.165, 1.54) is 19.3 Å². The standard InChI is InChI=1S/C12H24N2O/c1-3-5-11-7-9-14(10-11)12(15)6-4-8-13-2/h11,13H,3-10H2,1-2H3. The van der Waals surface area contributed by atoms with Gasteiger partial charge in [0.15, 0.2) is 0 Å². The zero-order chi connectivity index (χ0) is 11.1. The molecule has 0 aromatic heterocycles. The molecule has 0 saturated carbocycles. The fourth-order valence-electron chi connectivity index (χ4n) is 2.28. The summed E-state index contributed by atoms with van der Waals surface area (Å²) < 4.78 is 0. The van der Waals surface area contributed by atoms with E-state index in [2.05, 4.69) is 17.1 Å². The molecule has 0 radical (unpaired) electrons. The number of amides is 1. The Kier molecular flexibility index (Phi) is 5.69. The van der Waals surface area contributed by atoms with E-state index in [0.29, 0.717) is 12.3 Å². The zero-order valence-electron chi connectivity index (χ0n) is 10.1. The highest BCUT2D eigenvalue weighted by Gasteiger charge is 2.24. The molecule has 1 saturated heterocycles. The van der Waals surface area contributed by atoms with E-state index < -0.39 is 0 Å². The summed E-state index contributed by atoms with van der Waals surface area (Å²) in [6, 6.07) is 0. The Morgan fingerprint density at radius 3 is 3.00 bits per heavy atom. The maximum atomic E-state index is 11.8. The second kappa shape index (κ2) is 6.83. The maximum Gasteiger partial charge on any atom is 0.222 e. The fraction of sp³-hybridized carbons (Fsp3) is 0.917. The van der Waals surface area contributed by atoms with Crippen LogP contribution in [0.5, 0.6) is 0 Å². The largest absolute Gasteiger partial charge is 0.342 e. The Balaban J connectivity index is 2.18. The summed E-state index contributed by atoms with van der Waals surface area (Å²) in [7, 11) is 1.93. The number of rotatable bonds is 6. The third kappa shape index (κ3) is 4.20. The lowest BCUT2D eigenvalue weighted by Crippen LogP contribution is -2.29. The molecule has 3 nitrogen and oxygen atoms in total. The second-order valence-electron chi connectivity index (χ2n) is 4.49. The first kappa shape index (κ1) is 12.5. The average molecular weight is 212 g/mol. The molecule has 88 valence electrons. The van der Waals surface area contributed by atoms with Crippen LogP contribution in [0.15, 0.2) is 0 Å². The first-order valence-corrected chi connectivity index (χ1v) is 6.20. The van der Waals surface area contributed by atoms with Crippen LogP contribution in [0.25, 0.3) is 0 Å². The lowest BCUT2D eigenvalue weighted by molar-refractivity contribution is -0.130. The van der Waals surface area contributed by atoms with Crippen LogP contribution >= 0.6 is 0 Å². The molecule has 0 spiro atoms.